The number of nitrogens with zero attached hydrogens (tertiary/aromatic N) is 1. The molecular formula is C14H20N4O. The molecule has 1 amide bonds. The number of H-pyrrole nitrogens is 1. The summed E-state index contributed by atoms with van der Waals surface area (Å²) in [7, 11) is 0. The molecule has 0 saturated carbocycles. The molecule has 4 N–H and O–H groups in total. The molecule has 0 saturated heterocycles. The van der Waals surface area contributed by atoms with Crippen LogP contribution in [-0.2, 0) is 4.79 Å². The summed E-state index contributed by atoms with van der Waals surface area (Å²) < 4.78 is 0. The fraction of sp³-hybridized carbons (Fsp3) is 0.429. The third-order valence-corrected chi connectivity index (χ3v) is 3.92. The second-order valence-electron chi connectivity index (χ2n) is 4.82. The van der Waals surface area contributed by atoms with Crippen LogP contribution in [0.3, 0.4) is 0 Å². The van der Waals surface area contributed by atoms with Crippen molar-refractivity contribution < 1.29 is 4.79 Å². The second kappa shape index (κ2) is 5.40. The van der Waals surface area contributed by atoms with E-state index in [0.717, 1.165) is 29.4 Å². The van der Waals surface area contributed by atoms with E-state index in [2.05, 4.69) is 15.5 Å². The molecule has 0 aliphatic carbocycles. The Labute approximate surface area is 112 Å². The molecule has 1 heterocycles. The molecule has 0 aliphatic rings. The Morgan fingerprint density at radius 3 is 2.79 bits per heavy atom. The van der Waals surface area contributed by atoms with E-state index in [1.165, 1.54) is 0 Å². The van der Waals surface area contributed by atoms with Gasteiger partial charge in [0.1, 0.15) is 0 Å². The molecule has 5 nitrogen and oxygen atoms in total. The number of carbonyl (C=O) groups is 1. The Kier molecular flexibility index (Phi) is 3.85. The van der Waals surface area contributed by atoms with Crippen LogP contribution < -0.4 is 11.1 Å². The van der Waals surface area contributed by atoms with Crippen molar-refractivity contribution in [2.24, 2.45) is 11.1 Å². The highest BCUT2D eigenvalue weighted by Gasteiger charge is 2.33. The summed E-state index contributed by atoms with van der Waals surface area (Å²) in [6.07, 6.45) is 3.21. The molecule has 1 aromatic heterocycles. The Hall–Kier alpha value is -1.88. The van der Waals surface area contributed by atoms with Gasteiger partial charge in [-0.25, -0.2) is 0 Å². The van der Waals surface area contributed by atoms with Gasteiger partial charge in [0, 0.05) is 17.6 Å². The molecule has 5 heteroatoms. The van der Waals surface area contributed by atoms with Gasteiger partial charge in [0.15, 0.2) is 0 Å². The molecule has 19 heavy (non-hydrogen) atoms. The van der Waals surface area contributed by atoms with Gasteiger partial charge >= 0.3 is 0 Å². The highest BCUT2D eigenvalue weighted by Crippen LogP contribution is 2.27. The first-order valence-electron chi connectivity index (χ1n) is 6.60. The number of anilines is 1. The number of carbonyl (C=O) groups excluding carboxylic acids is 1. The number of hydrogen-bond acceptors (Lipinski definition) is 3. The largest absolute Gasteiger partial charge is 0.329 e. The van der Waals surface area contributed by atoms with Gasteiger partial charge in [-0.2, -0.15) is 5.10 Å². The molecule has 2 rings (SSSR count). The predicted molar refractivity (Wildman–Crippen MR) is 76.8 cm³/mol. The van der Waals surface area contributed by atoms with Gasteiger partial charge in [-0.05, 0) is 31.0 Å². The minimum absolute atomic E-state index is 0.0113. The van der Waals surface area contributed by atoms with E-state index in [9.17, 15) is 4.79 Å². The molecule has 2 aromatic rings. The van der Waals surface area contributed by atoms with E-state index in [-0.39, 0.29) is 5.91 Å². The van der Waals surface area contributed by atoms with E-state index in [0.29, 0.717) is 6.54 Å². The van der Waals surface area contributed by atoms with Gasteiger partial charge in [0.2, 0.25) is 5.91 Å². The van der Waals surface area contributed by atoms with Crippen LogP contribution in [0.5, 0.6) is 0 Å². The number of amides is 1. The van der Waals surface area contributed by atoms with Crippen LogP contribution in [0.4, 0.5) is 5.69 Å². The maximum absolute atomic E-state index is 12.4. The van der Waals surface area contributed by atoms with Gasteiger partial charge < -0.3 is 11.1 Å². The van der Waals surface area contributed by atoms with Gasteiger partial charge in [-0.3, -0.25) is 9.89 Å². The van der Waals surface area contributed by atoms with E-state index in [1.54, 1.807) is 6.20 Å². The van der Waals surface area contributed by atoms with Crippen molar-refractivity contribution in [3.05, 3.63) is 24.4 Å². The number of benzene rings is 1. The summed E-state index contributed by atoms with van der Waals surface area (Å²) >= 11 is 0. The maximum atomic E-state index is 12.4. The molecule has 0 bridgehead atoms. The number of nitrogens with two attached hydrogens (primary N) is 1. The minimum atomic E-state index is -0.481. The van der Waals surface area contributed by atoms with Crippen LogP contribution in [0.1, 0.15) is 26.7 Å². The number of rotatable bonds is 5. The normalized spacial score (nSPS) is 11.7. The molecule has 1 aromatic carbocycles. The predicted octanol–water partition coefficient (Wildman–Crippen LogP) is 2.27. The van der Waals surface area contributed by atoms with Crippen LogP contribution in [0.2, 0.25) is 0 Å². The standard InChI is InChI=1S/C14H20N4O/c1-3-14(4-2,9-15)13(19)17-11-5-6-12-10(7-11)8-16-18-12/h5-8H,3-4,9,15H2,1-2H3,(H,16,18)(H,17,19). The Balaban J connectivity index is 2.21. The molecule has 0 radical (unpaired) electrons. The lowest BCUT2D eigenvalue weighted by molar-refractivity contribution is -0.125. The van der Waals surface area contributed by atoms with Crippen molar-refractivity contribution >= 4 is 22.5 Å². The third kappa shape index (κ3) is 2.46. The molecule has 102 valence electrons. The average molecular weight is 260 g/mol. The van der Waals surface area contributed by atoms with E-state index >= 15 is 0 Å². The van der Waals surface area contributed by atoms with Gasteiger partial charge in [-0.15, -0.1) is 0 Å². The van der Waals surface area contributed by atoms with Crippen LogP contribution in [0.15, 0.2) is 24.4 Å². The number of aromatic nitrogens is 2. The quantitative estimate of drug-likeness (QED) is 0.771. The van der Waals surface area contributed by atoms with Crippen molar-refractivity contribution in [1.29, 1.82) is 0 Å². The summed E-state index contributed by atoms with van der Waals surface area (Å²) in [6, 6.07) is 5.67. The second-order valence-corrected chi connectivity index (χ2v) is 4.82. The minimum Gasteiger partial charge on any atom is -0.329 e. The van der Waals surface area contributed by atoms with E-state index in [4.69, 9.17) is 5.73 Å². The zero-order valence-electron chi connectivity index (χ0n) is 11.4. The number of hydrogen-bond donors (Lipinski definition) is 3. The monoisotopic (exact) mass is 260 g/mol. The smallest absolute Gasteiger partial charge is 0.231 e. The zero-order chi connectivity index (χ0) is 13.9. The van der Waals surface area contributed by atoms with E-state index in [1.807, 2.05) is 32.0 Å². The lowest BCUT2D eigenvalue weighted by Crippen LogP contribution is -2.41. The molecule has 0 atom stereocenters. The van der Waals surface area contributed by atoms with Crippen LogP contribution in [-0.4, -0.2) is 22.6 Å². The summed E-state index contributed by atoms with van der Waals surface area (Å²) in [5, 5.41) is 10.8. The first kappa shape index (κ1) is 13.5. The van der Waals surface area contributed by atoms with Crippen molar-refractivity contribution in [3.63, 3.8) is 0 Å². The molecule has 0 unspecified atom stereocenters. The zero-order valence-corrected chi connectivity index (χ0v) is 11.4. The highest BCUT2D eigenvalue weighted by molar-refractivity contribution is 5.97. The fourth-order valence-electron chi connectivity index (χ4n) is 2.24. The Morgan fingerprint density at radius 2 is 2.16 bits per heavy atom. The van der Waals surface area contributed by atoms with Gasteiger partial charge in [0.25, 0.3) is 0 Å². The van der Waals surface area contributed by atoms with Crippen LogP contribution in [0, 0.1) is 5.41 Å². The van der Waals surface area contributed by atoms with Crippen molar-refractivity contribution in [2.75, 3.05) is 11.9 Å². The molecular weight excluding hydrogens is 240 g/mol. The SMILES string of the molecule is CCC(CC)(CN)C(=O)Nc1ccc2[nH]ncc2c1. The lowest BCUT2D eigenvalue weighted by atomic mass is 9.81. The first-order valence-corrected chi connectivity index (χ1v) is 6.60. The summed E-state index contributed by atoms with van der Waals surface area (Å²) in [4.78, 5) is 12.4. The van der Waals surface area contributed by atoms with Gasteiger partial charge in [-0.1, -0.05) is 13.8 Å². The summed E-state index contributed by atoms with van der Waals surface area (Å²) in [5.74, 6) is -0.0113. The highest BCUT2D eigenvalue weighted by atomic mass is 16.2. The molecule has 0 spiro atoms. The van der Waals surface area contributed by atoms with Crippen LogP contribution >= 0.6 is 0 Å². The Morgan fingerprint density at radius 1 is 1.42 bits per heavy atom. The van der Waals surface area contributed by atoms with Crippen molar-refractivity contribution in [3.8, 4) is 0 Å². The molecule has 0 fully saturated rings. The van der Waals surface area contributed by atoms with Crippen molar-refractivity contribution in [2.45, 2.75) is 26.7 Å². The average Bonchev–Trinajstić information content (AvgIpc) is 2.89. The summed E-state index contributed by atoms with van der Waals surface area (Å²) in [5.41, 5.74) is 7.03. The number of aromatic amines is 1. The molecule has 0 aliphatic heterocycles. The van der Waals surface area contributed by atoms with Crippen molar-refractivity contribution in [1.82, 2.24) is 10.2 Å². The Bertz CT molecular complexity index is 563. The van der Waals surface area contributed by atoms with Crippen LogP contribution in [0.25, 0.3) is 10.9 Å². The summed E-state index contributed by atoms with van der Waals surface area (Å²) in [6.45, 7) is 4.35. The lowest BCUT2D eigenvalue weighted by Gasteiger charge is -2.28. The fourth-order valence-corrected chi connectivity index (χ4v) is 2.24. The number of fused-ring (bicyclic) bond motifs is 1. The van der Waals surface area contributed by atoms with Gasteiger partial charge in [0.05, 0.1) is 17.1 Å². The maximum Gasteiger partial charge on any atom is 0.231 e. The topological polar surface area (TPSA) is 83.8 Å². The third-order valence-electron chi connectivity index (χ3n) is 3.92. The first-order chi connectivity index (χ1) is 9.15. The van der Waals surface area contributed by atoms with E-state index < -0.39 is 5.41 Å². The number of nitrogens with one attached hydrogen (secondary N) is 2.